The van der Waals surface area contributed by atoms with Crippen LogP contribution in [0.4, 0.5) is 0 Å². The largest absolute Gasteiger partial charge is 0.494 e. The summed E-state index contributed by atoms with van der Waals surface area (Å²) in [4.78, 5) is 0. The second-order valence-electron chi connectivity index (χ2n) is 5.52. The van der Waals surface area contributed by atoms with E-state index in [-0.39, 0.29) is 0 Å². The van der Waals surface area contributed by atoms with Gasteiger partial charge < -0.3 is 10.1 Å². The van der Waals surface area contributed by atoms with Crippen LogP contribution >= 0.6 is 0 Å². The third-order valence-corrected chi connectivity index (χ3v) is 3.61. The molecule has 0 bridgehead atoms. The number of sulfonamides is 1. The van der Waals surface area contributed by atoms with Crippen LogP contribution in [0, 0.1) is 5.92 Å². The Kier molecular flexibility index (Phi) is 7.71. The van der Waals surface area contributed by atoms with Crippen LogP contribution in [0.2, 0.25) is 0 Å². The maximum absolute atomic E-state index is 10.9. The SMILES string of the molecule is CC(C)CCOc1ccc(CNCCNS(C)(=O)=O)cc1. The van der Waals surface area contributed by atoms with E-state index in [9.17, 15) is 8.42 Å². The average Bonchev–Trinajstić information content (AvgIpc) is 2.38. The minimum Gasteiger partial charge on any atom is -0.494 e. The van der Waals surface area contributed by atoms with Gasteiger partial charge in [-0.1, -0.05) is 26.0 Å². The lowest BCUT2D eigenvalue weighted by atomic mass is 10.1. The van der Waals surface area contributed by atoms with E-state index in [1.54, 1.807) is 0 Å². The second kappa shape index (κ2) is 9.02. The molecule has 0 aliphatic heterocycles. The van der Waals surface area contributed by atoms with Crippen LogP contribution in [0.25, 0.3) is 0 Å². The quantitative estimate of drug-likeness (QED) is 0.646. The normalized spacial score (nSPS) is 11.8. The molecule has 0 radical (unpaired) electrons. The molecule has 0 aliphatic carbocycles. The summed E-state index contributed by atoms with van der Waals surface area (Å²) in [5.74, 6) is 1.53. The summed E-state index contributed by atoms with van der Waals surface area (Å²) in [7, 11) is -3.10. The summed E-state index contributed by atoms with van der Waals surface area (Å²) in [5, 5.41) is 3.18. The van der Waals surface area contributed by atoms with Gasteiger partial charge >= 0.3 is 0 Å². The Morgan fingerprint density at radius 1 is 1.14 bits per heavy atom. The summed E-state index contributed by atoms with van der Waals surface area (Å²) in [6.45, 7) is 6.80. The van der Waals surface area contributed by atoms with Crippen molar-refractivity contribution in [2.75, 3.05) is 26.0 Å². The van der Waals surface area contributed by atoms with Crippen molar-refractivity contribution in [3.63, 3.8) is 0 Å². The molecule has 0 unspecified atom stereocenters. The van der Waals surface area contributed by atoms with Crippen LogP contribution in [0.3, 0.4) is 0 Å². The maximum atomic E-state index is 10.9. The van der Waals surface area contributed by atoms with E-state index in [0.717, 1.165) is 30.6 Å². The smallest absolute Gasteiger partial charge is 0.208 e. The molecule has 0 aliphatic rings. The van der Waals surface area contributed by atoms with Gasteiger partial charge in [0.25, 0.3) is 0 Å². The van der Waals surface area contributed by atoms with Gasteiger partial charge in [0.1, 0.15) is 5.75 Å². The maximum Gasteiger partial charge on any atom is 0.208 e. The summed E-state index contributed by atoms with van der Waals surface area (Å²) >= 11 is 0. The van der Waals surface area contributed by atoms with Crippen molar-refractivity contribution in [2.24, 2.45) is 5.92 Å². The Morgan fingerprint density at radius 2 is 1.81 bits per heavy atom. The van der Waals surface area contributed by atoms with E-state index in [2.05, 4.69) is 23.9 Å². The van der Waals surface area contributed by atoms with Gasteiger partial charge in [-0.15, -0.1) is 0 Å². The van der Waals surface area contributed by atoms with Crippen molar-refractivity contribution in [3.8, 4) is 5.75 Å². The molecule has 0 fully saturated rings. The molecule has 0 aromatic heterocycles. The van der Waals surface area contributed by atoms with Gasteiger partial charge in [0.15, 0.2) is 0 Å². The van der Waals surface area contributed by atoms with Gasteiger partial charge in [0.05, 0.1) is 12.9 Å². The number of benzene rings is 1. The molecule has 0 saturated carbocycles. The summed E-state index contributed by atoms with van der Waals surface area (Å²) < 4.78 is 29.8. The number of rotatable bonds is 10. The van der Waals surface area contributed by atoms with Gasteiger partial charge in [-0.2, -0.15) is 0 Å². The Hall–Kier alpha value is -1.11. The van der Waals surface area contributed by atoms with E-state index in [1.165, 1.54) is 0 Å². The first kappa shape index (κ1) is 17.9. The monoisotopic (exact) mass is 314 g/mol. The van der Waals surface area contributed by atoms with Crippen molar-refractivity contribution in [2.45, 2.75) is 26.8 Å². The highest BCUT2D eigenvalue weighted by molar-refractivity contribution is 7.88. The molecular weight excluding hydrogens is 288 g/mol. The zero-order valence-electron chi connectivity index (χ0n) is 13.1. The molecule has 0 heterocycles. The van der Waals surface area contributed by atoms with Crippen molar-refractivity contribution >= 4 is 10.0 Å². The average molecular weight is 314 g/mol. The standard InChI is InChI=1S/C15H26N2O3S/c1-13(2)8-11-20-15-6-4-14(5-7-15)12-16-9-10-17-21(3,18)19/h4-7,13,16-17H,8-12H2,1-3H3. The van der Waals surface area contributed by atoms with Crippen LogP contribution in [-0.4, -0.2) is 34.4 Å². The van der Waals surface area contributed by atoms with Crippen LogP contribution < -0.4 is 14.8 Å². The van der Waals surface area contributed by atoms with Gasteiger partial charge in [0, 0.05) is 19.6 Å². The van der Waals surface area contributed by atoms with Gasteiger partial charge in [-0.3, -0.25) is 0 Å². The summed E-state index contributed by atoms with van der Waals surface area (Å²) in [6.07, 6.45) is 2.21. The van der Waals surface area contributed by atoms with Crippen LogP contribution in [0.5, 0.6) is 5.75 Å². The predicted octanol–water partition coefficient (Wildman–Crippen LogP) is 1.75. The lowest BCUT2D eigenvalue weighted by molar-refractivity contribution is 0.289. The van der Waals surface area contributed by atoms with Crippen LogP contribution in [0.15, 0.2) is 24.3 Å². The molecule has 5 nitrogen and oxygen atoms in total. The third kappa shape index (κ3) is 9.44. The fourth-order valence-corrected chi connectivity index (χ4v) is 2.15. The van der Waals surface area contributed by atoms with Crippen molar-refractivity contribution in [1.82, 2.24) is 10.0 Å². The molecule has 6 heteroatoms. The first-order valence-corrected chi connectivity index (χ1v) is 9.13. The lowest BCUT2D eigenvalue weighted by Gasteiger charge is -2.09. The van der Waals surface area contributed by atoms with Crippen molar-refractivity contribution < 1.29 is 13.2 Å². The van der Waals surface area contributed by atoms with Crippen LogP contribution in [0.1, 0.15) is 25.8 Å². The Morgan fingerprint density at radius 3 is 2.38 bits per heavy atom. The van der Waals surface area contributed by atoms with Gasteiger partial charge in [-0.05, 0) is 30.0 Å². The number of ether oxygens (including phenoxy) is 1. The van der Waals surface area contributed by atoms with E-state index in [1.807, 2.05) is 24.3 Å². The fourth-order valence-electron chi connectivity index (χ4n) is 1.67. The fraction of sp³-hybridized carbons (Fsp3) is 0.600. The Balaban J connectivity index is 2.22. The number of hydrogen-bond donors (Lipinski definition) is 2. The van der Waals surface area contributed by atoms with E-state index in [0.29, 0.717) is 25.6 Å². The molecule has 1 aromatic carbocycles. The highest BCUT2D eigenvalue weighted by atomic mass is 32.2. The zero-order valence-corrected chi connectivity index (χ0v) is 13.9. The number of hydrogen-bond acceptors (Lipinski definition) is 4. The lowest BCUT2D eigenvalue weighted by Crippen LogP contribution is -2.30. The Bertz CT molecular complexity index is 498. The first-order chi connectivity index (χ1) is 9.87. The molecule has 21 heavy (non-hydrogen) atoms. The second-order valence-corrected chi connectivity index (χ2v) is 7.35. The first-order valence-electron chi connectivity index (χ1n) is 7.24. The molecule has 0 spiro atoms. The minimum atomic E-state index is -3.10. The molecule has 0 atom stereocenters. The molecule has 0 amide bonds. The van der Waals surface area contributed by atoms with E-state index >= 15 is 0 Å². The predicted molar refractivity (Wildman–Crippen MR) is 85.9 cm³/mol. The van der Waals surface area contributed by atoms with Crippen molar-refractivity contribution in [3.05, 3.63) is 29.8 Å². The molecule has 120 valence electrons. The number of nitrogens with one attached hydrogen (secondary N) is 2. The van der Waals surface area contributed by atoms with E-state index in [4.69, 9.17) is 4.74 Å². The molecule has 0 saturated heterocycles. The highest BCUT2D eigenvalue weighted by Crippen LogP contribution is 2.13. The topological polar surface area (TPSA) is 67.4 Å². The summed E-state index contributed by atoms with van der Waals surface area (Å²) in [6, 6.07) is 7.96. The molecular formula is C15H26N2O3S. The van der Waals surface area contributed by atoms with Crippen LogP contribution in [-0.2, 0) is 16.6 Å². The van der Waals surface area contributed by atoms with E-state index < -0.39 is 10.0 Å². The summed E-state index contributed by atoms with van der Waals surface area (Å²) in [5.41, 5.74) is 1.14. The molecule has 2 N–H and O–H groups in total. The third-order valence-electron chi connectivity index (χ3n) is 2.88. The van der Waals surface area contributed by atoms with Gasteiger partial charge in [-0.25, -0.2) is 13.1 Å². The highest BCUT2D eigenvalue weighted by Gasteiger charge is 2.00. The minimum absolute atomic E-state index is 0.398. The van der Waals surface area contributed by atoms with Gasteiger partial charge in [0.2, 0.25) is 10.0 Å². The zero-order chi connectivity index (χ0) is 15.7. The molecule has 1 aromatic rings. The Labute approximate surface area is 128 Å². The molecule has 1 rings (SSSR count). The van der Waals surface area contributed by atoms with Crippen molar-refractivity contribution in [1.29, 1.82) is 0 Å².